The summed E-state index contributed by atoms with van der Waals surface area (Å²) >= 11 is 3.37. The normalized spacial score (nSPS) is 10.6. The number of methoxy groups -OCH3 is 1. The summed E-state index contributed by atoms with van der Waals surface area (Å²) in [4.78, 5) is 12.0. The van der Waals surface area contributed by atoms with Crippen LogP contribution in [0.25, 0.3) is 6.08 Å². The molecule has 0 fully saturated rings. The van der Waals surface area contributed by atoms with Gasteiger partial charge in [0.2, 0.25) is 5.91 Å². The van der Waals surface area contributed by atoms with E-state index in [1.165, 1.54) is 6.08 Å². The van der Waals surface area contributed by atoms with Gasteiger partial charge in [-0.05, 0) is 48.9 Å². The van der Waals surface area contributed by atoms with E-state index < -0.39 is 0 Å². The lowest BCUT2D eigenvalue weighted by molar-refractivity contribution is -0.111. The van der Waals surface area contributed by atoms with Gasteiger partial charge in [-0.15, -0.1) is 0 Å². The summed E-state index contributed by atoms with van der Waals surface area (Å²) < 4.78 is 11.7. The molecule has 0 radical (unpaired) electrons. The van der Waals surface area contributed by atoms with E-state index in [9.17, 15) is 4.79 Å². The van der Waals surface area contributed by atoms with Crippen molar-refractivity contribution in [3.05, 3.63) is 58.6 Å². The van der Waals surface area contributed by atoms with E-state index in [0.717, 1.165) is 15.7 Å². The van der Waals surface area contributed by atoms with Crippen molar-refractivity contribution in [1.82, 2.24) is 0 Å². The Balaban J connectivity index is 2.07. The third-order valence-corrected chi connectivity index (χ3v) is 3.50. The molecular formula is C18H18BrNO3. The number of halogens is 1. The standard InChI is InChI=1S/C18H18BrNO3/c1-3-23-17-11-13(7-9-16(17)22-2)8-10-18(21)20-15-6-4-5-14(19)12-15/h4-12H,3H2,1-2H3,(H,20,21)/b10-8+. The van der Waals surface area contributed by atoms with Gasteiger partial charge in [-0.3, -0.25) is 4.79 Å². The van der Waals surface area contributed by atoms with Crippen LogP contribution < -0.4 is 14.8 Å². The molecule has 1 N–H and O–H groups in total. The van der Waals surface area contributed by atoms with Crippen molar-refractivity contribution in [2.75, 3.05) is 19.0 Å². The van der Waals surface area contributed by atoms with Gasteiger partial charge in [-0.25, -0.2) is 0 Å². The first kappa shape index (κ1) is 17.1. The van der Waals surface area contributed by atoms with E-state index in [1.807, 2.05) is 49.4 Å². The Hall–Kier alpha value is -2.27. The first-order valence-electron chi connectivity index (χ1n) is 7.18. The second-order valence-corrected chi connectivity index (χ2v) is 5.59. The quantitative estimate of drug-likeness (QED) is 0.755. The molecule has 0 atom stereocenters. The molecule has 0 bridgehead atoms. The van der Waals surface area contributed by atoms with E-state index in [-0.39, 0.29) is 5.91 Å². The summed E-state index contributed by atoms with van der Waals surface area (Å²) in [5, 5.41) is 2.80. The van der Waals surface area contributed by atoms with Crippen LogP contribution in [-0.2, 0) is 4.79 Å². The number of ether oxygens (including phenoxy) is 2. The summed E-state index contributed by atoms with van der Waals surface area (Å²) in [5.41, 5.74) is 1.59. The highest BCUT2D eigenvalue weighted by Gasteiger charge is 2.04. The second kappa shape index (κ2) is 8.39. The Morgan fingerprint density at radius 1 is 1.22 bits per heavy atom. The van der Waals surface area contributed by atoms with Crippen LogP contribution in [0, 0.1) is 0 Å². The molecule has 0 saturated carbocycles. The van der Waals surface area contributed by atoms with Crippen molar-refractivity contribution in [2.24, 2.45) is 0 Å². The minimum atomic E-state index is -0.197. The zero-order valence-electron chi connectivity index (χ0n) is 13.0. The molecule has 0 aromatic heterocycles. The van der Waals surface area contributed by atoms with Crippen molar-refractivity contribution < 1.29 is 14.3 Å². The van der Waals surface area contributed by atoms with E-state index in [2.05, 4.69) is 21.2 Å². The van der Waals surface area contributed by atoms with Crippen molar-refractivity contribution in [2.45, 2.75) is 6.92 Å². The van der Waals surface area contributed by atoms with Crippen molar-refractivity contribution in [1.29, 1.82) is 0 Å². The lowest BCUT2D eigenvalue weighted by atomic mass is 10.2. The first-order chi connectivity index (χ1) is 11.1. The average molecular weight is 376 g/mol. The summed E-state index contributed by atoms with van der Waals surface area (Å²) in [7, 11) is 1.60. The number of hydrogen-bond donors (Lipinski definition) is 1. The van der Waals surface area contributed by atoms with Crippen LogP contribution in [0.5, 0.6) is 11.5 Å². The van der Waals surface area contributed by atoms with Gasteiger partial charge in [0.15, 0.2) is 11.5 Å². The number of amides is 1. The maximum Gasteiger partial charge on any atom is 0.248 e. The molecule has 0 aliphatic carbocycles. The van der Waals surface area contributed by atoms with Crippen LogP contribution in [-0.4, -0.2) is 19.6 Å². The molecule has 1 amide bonds. The lowest BCUT2D eigenvalue weighted by Gasteiger charge is -2.09. The van der Waals surface area contributed by atoms with Crippen LogP contribution in [0.1, 0.15) is 12.5 Å². The molecule has 0 aliphatic heterocycles. The van der Waals surface area contributed by atoms with E-state index in [1.54, 1.807) is 13.2 Å². The number of nitrogens with one attached hydrogen (secondary N) is 1. The van der Waals surface area contributed by atoms with Crippen LogP contribution in [0.2, 0.25) is 0 Å². The van der Waals surface area contributed by atoms with Crippen molar-refractivity contribution >= 4 is 33.6 Å². The third-order valence-electron chi connectivity index (χ3n) is 3.01. The zero-order chi connectivity index (χ0) is 16.7. The number of benzene rings is 2. The van der Waals surface area contributed by atoms with Crippen LogP contribution in [0.15, 0.2) is 53.0 Å². The predicted octanol–water partition coefficient (Wildman–Crippen LogP) is 4.51. The Labute approximate surface area is 144 Å². The highest BCUT2D eigenvalue weighted by Crippen LogP contribution is 2.28. The molecule has 0 heterocycles. The number of hydrogen-bond acceptors (Lipinski definition) is 3. The van der Waals surface area contributed by atoms with Gasteiger partial charge in [-0.1, -0.05) is 28.1 Å². The Morgan fingerprint density at radius 2 is 2.04 bits per heavy atom. The van der Waals surface area contributed by atoms with Gasteiger partial charge in [0, 0.05) is 16.2 Å². The molecule has 2 rings (SSSR count). The summed E-state index contributed by atoms with van der Waals surface area (Å²) in [6, 6.07) is 13.0. The minimum absolute atomic E-state index is 0.197. The summed E-state index contributed by atoms with van der Waals surface area (Å²) in [5.74, 6) is 1.13. The molecule has 0 aliphatic rings. The fourth-order valence-corrected chi connectivity index (χ4v) is 2.39. The van der Waals surface area contributed by atoms with Gasteiger partial charge in [0.1, 0.15) is 0 Å². The predicted molar refractivity (Wildman–Crippen MR) is 96.0 cm³/mol. The molecule has 0 saturated heterocycles. The molecule has 23 heavy (non-hydrogen) atoms. The first-order valence-corrected chi connectivity index (χ1v) is 7.97. The molecule has 4 nitrogen and oxygen atoms in total. The minimum Gasteiger partial charge on any atom is -0.493 e. The zero-order valence-corrected chi connectivity index (χ0v) is 14.6. The summed E-state index contributed by atoms with van der Waals surface area (Å²) in [6.07, 6.45) is 3.22. The number of rotatable bonds is 6. The fraction of sp³-hybridized carbons (Fsp3) is 0.167. The van der Waals surface area contributed by atoms with Crippen LogP contribution >= 0.6 is 15.9 Å². The lowest BCUT2D eigenvalue weighted by Crippen LogP contribution is -2.07. The highest BCUT2D eigenvalue weighted by molar-refractivity contribution is 9.10. The summed E-state index contributed by atoms with van der Waals surface area (Å²) in [6.45, 7) is 2.46. The Kier molecular flexibility index (Phi) is 6.23. The molecule has 2 aromatic carbocycles. The molecule has 0 spiro atoms. The van der Waals surface area contributed by atoms with Gasteiger partial charge >= 0.3 is 0 Å². The number of carbonyl (C=O) groups is 1. The van der Waals surface area contributed by atoms with E-state index in [4.69, 9.17) is 9.47 Å². The Morgan fingerprint density at radius 3 is 2.74 bits per heavy atom. The molecule has 0 unspecified atom stereocenters. The molecular weight excluding hydrogens is 358 g/mol. The smallest absolute Gasteiger partial charge is 0.248 e. The van der Waals surface area contributed by atoms with E-state index >= 15 is 0 Å². The SMILES string of the molecule is CCOc1cc(/C=C/C(=O)Nc2cccc(Br)c2)ccc1OC. The highest BCUT2D eigenvalue weighted by atomic mass is 79.9. The van der Waals surface area contributed by atoms with Crippen molar-refractivity contribution in [3.8, 4) is 11.5 Å². The number of anilines is 1. The van der Waals surface area contributed by atoms with Crippen molar-refractivity contribution in [3.63, 3.8) is 0 Å². The number of carbonyl (C=O) groups excluding carboxylic acids is 1. The molecule has 120 valence electrons. The molecule has 2 aromatic rings. The Bertz CT molecular complexity index is 713. The fourth-order valence-electron chi connectivity index (χ4n) is 1.99. The van der Waals surface area contributed by atoms with E-state index in [0.29, 0.717) is 18.1 Å². The average Bonchev–Trinajstić information content (AvgIpc) is 2.53. The topological polar surface area (TPSA) is 47.6 Å². The monoisotopic (exact) mass is 375 g/mol. The van der Waals surface area contributed by atoms with Gasteiger partial charge in [0.05, 0.1) is 13.7 Å². The van der Waals surface area contributed by atoms with Gasteiger partial charge in [-0.2, -0.15) is 0 Å². The van der Waals surface area contributed by atoms with Crippen LogP contribution in [0.4, 0.5) is 5.69 Å². The second-order valence-electron chi connectivity index (χ2n) is 4.68. The molecule has 5 heteroatoms. The van der Waals surface area contributed by atoms with Gasteiger partial charge < -0.3 is 14.8 Å². The largest absolute Gasteiger partial charge is 0.493 e. The third kappa shape index (κ3) is 5.14. The van der Waals surface area contributed by atoms with Crippen LogP contribution in [0.3, 0.4) is 0 Å². The maximum absolute atomic E-state index is 12.0. The van der Waals surface area contributed by atoms with Gasteiger partial charge in [0.25, 0.3) is 0 Å². The maximum atomic E-state index is 12.0.